The van der Waals surface area contributed by atoms with E-state index in [4.69, 9.17) is 11.5 Å². The minimum atomic E-state index is -0.563. The van der Waals surface area contributed by atoms with Gasteiger partial charge in [0, 0.05) is 13.1 Å². The van der Waals surface area contributed by atoms with E-state index >= 15 is 0 Å². The molecule has 0 saturated heterocycles. The fourth-order valence-corrected chi connectivity index (χ4v) is 1.82. The minimum absolute atomic E-state index is 0.317. The van der Waals surface area contributed by atoms with Gasteiger partial charge in [0.05, 0.1) is 11.4 Å². The van der Waals surface area contributed by atoms with Crippen molar-refractivity contribution in [2.45, 2.75) is 6.04 Å². The van der Waals surface area contributed by atoms with Crippen molar-refractivity contribution >= 4 is 17.5 Å². The van der Waals surface area contributed by atoms with Crippen LogP contribution in [0.15, 0.2) is 23.5 Å². The van der Waals surface area contributed by atoms with Crippen LogP contribution in [0.3, 0.4) is 0 Å². The van der Waals surface area contributed by atoms with Crippen LogP contribution in [0.2, 0.25) is 0 Å². The van der Waals surface area contributed by atoms with Gasteiger partial charge in [0.25, 0.3) is 0 Å². The molecule has 0 saturated carbocycles. The average Bonchev–Trinajstić information content (AvgIpc) is 2.26. The molecule has 1 atom stereocenters. The summed E-state index contributed by atoms with van der Waals surface area (Å²) in [6.07, 6.45) is 3.30. The first-order valence-corrected chi connectivity index (χ1v) is 4.80. The van der Waals surface area contributed by atoms with Gasteiger partial charge in [-0.25, -0.2) is 4.79 Å². The highest BCUT2D eigenvalue weighted by atomic mass is 16.2. The number of hydrogen-bond acceptors (Lipinski definition) is 4. The third-order valence-electron chi connectivity index (χ3n) is 2.89. The van der Waals surface area contributed by atoms with Crippen molar-refractivity contribution in [2.75, 3.05) is 14.1 Å². The van der Waals surface area contributed by atoms with Crippen LogP contribution in [0.1, 0.15) is 0 Å². The average molecular weight is 221 g/mol. The van der Waals surface area contributed by atoms with Crippen LogP contribution >= 0.6 is 0 Å². The van der Waals surface area contributed by atoms with Gasteiger partial charge in [0.15, 0.2) is 0 Å². The monoisotopic (exact) mass is 221 g/mol. The summed E-state index contributed by atoms with van der Waals surface area (Å²) < 4.78 is 1.31. The number of fused-ring (bicyclic) bond motifs is 1. The van der Waals surface area contributed by atoms with Gasteiger partial charge in [-0.15, -0.1) is 0 Å². The Hall–Kier alpha value is -2.11. The lowest BCUT2D eigenvalue weighted by Crippen LogP contribution is -2.55. The van der Waals surface area contributed by atoms with Gasteiger partial charge in [-0.2, -0.15) is 4.58 Å². The summed E-state index contributed by atoms with van der Waals surface area (Å²) in [5, 5.41) is 0. The van der Waals surface area contributed by atoms with Crippen LogP contribution < -0.4 is 11.5 Å². The van der Waals surface area contributed by atoms with Crippen LogP contribution in [0.5, 0.6) is 0 Å². The van der Waals surface area contributed by atoms with Crippen molar-refractivity contribution in [1.29, 1.82) is 0 Å². The second-order valence-electron chi connectivity index (χ2n) is 3.87. The molecule has 0 aromatic carbocycles. The molecule has 0 bridgehead atoms. The van der Waals surface area contributed by atoms with Crippen molar-refractivity contribution < 1.29 is 14.2 Å². The van der Waals surface area contributed by atoms with Crippen LogP contribution in [-0.2, 0) is 9.59 Å². The Morgan fingerprint density at radius 3 is 2.56 bits per heavy atom. The van der Waals surface area contributed by atoms with Crippen molar-refractivity contribution in [1.82, 2.24) is 4.90 Å². The fourth-order valence-electron chi connectivity index (χ4n) is 1.82. The Kier molecular flexibility index (Phi) is 2.08. The predicted octanol–water partition coefficient (Wildman–Crippen LogP) is -1.86. The van der Waals surface area contributed by atoms with Gasteiger partial charge < -0.3 is 16.4 Å². The number of nitrogens with zero attached hydrogens (tertiary/aromatic N) is 2. The highest BCUT2D eigenvalue weighted by molar-refractivity contribution is 6.34. The number of rotatable bonds is 0. The van der Waals surface area contributed by atoms with Gasteiger partial charge in [0.2, 0.25) is 5.71 Å². The summed E-state index contributed by atoms with van der Waals surface area (Å²) in [5.41, 5.74) is 12.9. The lowest BCUT2D eigenvalue weighted by Gasteiger charge is -2.28. The van der Waals surface area contributed by atoms with Crippen LogP contribution in [0.25, 0.3) is 0 Å². The molecule has 1 aliphatic heterocycles. The molecule has 16 heavy (non-hydrogen) atoms. The quantitative estimate of drug-likeness (QED) is 0.370. The lowest BCUT2D eigenvalue weighted by molar-refractivity contribution is -0.418. The van der Waals surface area contributed by atoms with E-state index in [9.17, 15) is 9.59 Å². The molecule has 1 unspecified atom stereocenters. The zero-order chi connectivity index (χ0) is 12.0. The Morgan fingerprint density at radius 2 is 1.94 bits per heavy atom. The summed E-state index contributed by atoms with van der Waals surface area (Å²) in [4.78, 5) is 24.5. The molecule has 6 nitrogen and oxygen atoms in total. The molecular formula is C10H13N4O2+. The van der Waals surface area contributed by atoms with E-state index in [1.165, 1.54) is 9.48 Å². The van der Waals surface area contributed by atoms with E-state index in [1.54, 1.807) is 26.2 Å². The standard InChI is InChI=1S/C10H12N4O2/c1-13-7-3-5(11)6(12)4-8(7)14(2)10(16)9(13)15/h3-4,7,12H,11H2,1-2H3/p+1. The first-order valence-electron chi connectivity index (χ1n) is 4.80. The van der Waals surface area contributed by atoms with Gasteiger partial charge in [-0.05, 0) is 6.08 Å². The molecule has 0 spiro atoms. The lowest BCUT2D eigenvalue weighted by atomic mass is 9.99. The molecule has 1 heterocycles. The van der Waals surface area contributed by atoms with Crippen LogP contribution in [0, 0.1) is 0 Å². The Morgan fingerprint density at radius 1 is 1.31 bits per heavy atom. The third kappa shape index (κ3) is 1.23. The molecule has 2 aliphatic rings. The molecule has 1 aliphatic carbocycles. The summed E-state index contributed by atoms with van der Waals surface area (Å²) in [5.74, 6) is -1.11. The molecule has 0 fully saturated rings. The Balaban J connectivity index is 2.61. The number of carbonyl (C=O) groups is 2. The molecular weight excluding hydrogens is 208 g/mol. The zero-order valence-electron chi connectivity index (χ0n) is 9.10. The number of likely N-dealkylation sites (N-methyl/N-ethyl adjacent to an activating group) is 2. The molecule has 0 aromatic heterocycles. The zero-order valence-corrected chi connectivity index (χ0v) is 9.10. The maximum absolute atomic E-state index is 11.6. The van der Waals surface area contributed by atoms with E-state index in [1.807, 2.05) is 0 Å². The number of carbonyl (C=O) groups excluding carboxylic acids is 2. The molecule has 6 heteroatoms. The first kappa shape index (κ1) is 10.4. The van der Waals surface area contributed by atoms with Crippen LogP contribution in [-0.4, -0.2) is 47.1 Å². The highest BCUT2D eigenvalue weighted by Gasteiger charge is 2.43. The Labute approximate surface area is 92.5 Å². The number of nitrogens with two attached hydrogens (primary N) is 2. The summed E-state index contributed by atoms with van der Waals surface area (Å²) in [7, 11) is 3.12. The summed E-state index contributed by atoms with van der Waals surface area (Å²) >= 11 is 0. The van der Waals surface area contributed by atoms with E-state index < -0.39 is 11.8 Å². The molecule has 0 radical (unpaired) electrons. The van der Waals surface area contributed by atoms with Crippen molar-refractivity contribution in [3.8, 4) is 0 Å². The predicted molar refractivity (Wildman–Crippen MR) is 57.3 cm³/mol. The molecule has 2 rings (SSSR count). The van der Waals surface area contributed by atoms with Crippen LogP contribution in [0.4, 0.5) is 0 Å². The second-order valence-corrected chi connectivity index (χ2v) is 3.87. The topological polar surface area (TPSA) is 92.4 Å². The normalized spacial score (nSPS) is 25.4. The highest BCUT2D eigenvalue weighted by Crippen LogP contribution is 2.17. The van der Waals surface area contributed by atoms with Crippen molar-refractivity contribution in [3.05, 3.63) is 23.5 Å². The molecule has 4 N–H and O–H groups in total. The summed E-state index contributed by atoms with van der Waals surface area (Å²) in [6, 6.07) is -0.317. The largest absolute Gasteiger partial charge is 0.477 e. The third-order valence-corrected chi connectivity index (χ3v) is 2.89. The number of hydrogen-bond donors (Lipinski definition) is 2. The fraction of sp³-hybridized carbons (Fsp3) is 0.300. The van der Waals surface area contributed by atoms with E-state index in [2.05, 4.69) is 0 Å². The first-order chi connectivity index (χ1) is 7.43. The minimum Gasteiger partial charge on any atom is -0.397 e. The smallest absolute Gasteiger partial charge is 0.397 e. The molecule has 84 valence electrons. The molecule has 0 aromatic rings. The Bertz CT molecular complexity index is 487. The van der Waals surface area contributed by atoms with E-state index in [0.717, 1.165) is 0 Å². The SMILES string of the molecule is CN1C(=O)C(=O)[N+](C)=C2C=C(N)C(N)=CC21. The molecule has 2 amide bonds. The summed E-state index contributed by atoms with van der Waals surface area (Å²) in [6.45, 7) is 0. The van der Waals surface area contributed by atoms with Gasteiger partial charge >= 0.3 is 11.8 Å². The van der Waals surface area contributed by atoms with Gasteiger partial charge in [-0.3, -0.25) is 4.79 Å². The van der Waals surface area contributed by atoms with E-state index in [-0.39, 0.29) is 6.04 Å². The van der Waals surface area contributed by atoms with Gasteiger partial charge in [0.1, 0.15) is 13.1 Å². The van der Waals surface area contributed by atoms with Crippen molar-refractivity contribution in [2.24, 2.45) is 11.5 Å². The maximum Gasteiger partial charge on any atom is 0.477 e. The van der Waals surface area contributed by atoms with Crippen molar-refractivity contribution in [3.63, 3.8) is 0 Å². The van der Waals surface area contributed by atoms with Gasteiger partial charge in [-0.1, -0.05) is 0 Å². The van der Waals surface area contributed by atoms with E-state index in [0.29, 0.717) is 17.1 Å². The second kappa shape index (κ2) is 3.19. The maximum atomic E-state index is 11.6. The number of amides is 2.